The van der Waals surface area contributed by atoms with E-state index in [1.807, 2.05) is 24.3 Å². The van der Waals surface area contributed by atoms with Gasteiger partial charge in [0.25, 0.3) is 5.91 Å². The predicted octanol–water partition coefficient (Wildman–Crippen LogP) is 5.25. The van der Waals surface area contributed by atoms with E-state index in [9.17, 15) is 4.79 Å². The maximum atomic E-state index is 12.4. The van der Waals surface area contributed by atoms with E-state index in [0.717, 1.165) is 5.56 Å². The first kappa shape index (κ1) is 17.3. The van der Waals surface area contributed by atoms with Crippen LogP contribution in [0, 0.1) is 0 Å². The number of benzene rings is 2. The minimum absolute atomic E-state index is 0.231. The van der Waals surface area contributed by atoms with Crippen LogP contribution in [0.3, 0.4) is 0 Å². The molecule has 1 amide bonds. The van der Waals surface area contributed by atoms with Gasteiger partial charge in [0.1, 0.15) is 5.82 Å². The van der Waals surface area contributed by atoms with Crippen LogP contribution in [0.25, 0.3) is 0 Å². The molecule has 0 bridgehead atoms. The first-order valence-electron chi connectivity index (χ1n) is 7.62. The lowest BCUT2D eigenvalue weighted by Gasteiger charge is -2.09. The van der Waals surface area contributed by atoms with Crippen LogP contribution in [0.15, 0.2) is 66.9 Å². The van der Waals surface area contributed by atoms with Gasteiger partial charge in [-0.2, -0.15) is 0 Å². The highest BCUT2D eigenvalue weighted by Gasteiger charge is 2.08. The summed E-state index contributed by atoms with van der Waals surface area (Å²) in [6.07, 6.45) is 1.59. The average molecular weight is 372 g/mol. The Morgan fingerprint density at radius 1 is 1.00 bits per heavy atom. The van der Waals surface area contributed by atoms with Crippen molar-refractivity contribution < 1.29 is 4.79 Å². The summed E-state index contributed by atoms with van der Waals surface area (Å²) in [5, 5.41) is 7.23. The standard InChI is InChI=1S/C19H15Cl2N3O/c20-15-5-3-6-16(11-15)24-19(25)13-8-9-22-18(10-13)23-12-14-4-1-2-7-17(14)21/h1-11H,12H2,(H,22,23)(H,24,25). The average Bonchev–Trinajstić information content (AvgIpc) is 2.61. The number of nitrogens with zero attached hydrogens (tertiary/aromatic N) is 1. The zero-order chi connectivity index (χ0) is 17.6. The second kappa shape index (κ2) is 8.01. The van der Waals surface area contributed by atoms with E-state index in [1.54, 1.807) is 42.6 Å². The number of halogens is 2. The lowest BCUT2D eigenvalue weighted by molar-refractivity contribution is 0.102. The Kier molecular flexibility index (Phi) is 5.53. The molecule has 2 aromatic carbocycles. The molecule has 126 valence electrons. The van der Waals surface area contributed by atoms with Crippen LogP contribution in [-0.4, -0.2) is 10.9 Å². The Balaban J connectivity index is 1.68. The zero-order valence-electron chi connectivity index (χ0n) is 13.2. The molecule has 0 saturated heterocycles. The molecule has 0 atom stereocenters. The number of carbonyl (C=O) groups excluding carboxylic acids is 1. The Hall–Kier alpha value is -2.56. The fraction of sp³-hybridized carbons (Fsp3) is 0.0526. The van der Waals surface area contributed by atoms with Gasteiger partial charge in [-0.1, -0.05) is 47.5 Å². The fourth-order valence-corrected chi connectivity index (χ4v) is 2.66. The van der Waals surface area contributed by atoms with Crippen LogP contribution in [0.1, 0.15) is 15.9 Å². The number of rotatable bonds is 5. The number of anilines is 2. The molecule has 2 N–H and O–H groups in total. The first-order chi connectivity index (χ1) is 12.1. The van der Waals surface area contributed by atoms with Gasteiger partial charge >= 0.3 is 0 Å². The summed E-state index contributed by atoms with van der Waals surface area (Å²) < 4.78 is 0. The van der Waals surface area contributed by atoms with Gasteiger partial charge in [0.2, 0.25) is 0 Å². The molecule has 1 heterocycles. The van der Waals surface area contributed by atoms with Crippen molar-refractivity contribution in [2.75, 3.05) is 10.6 Å². The number of carbonyl (C=O) groups is 1. The lowest BCUT2D eigenvalue weighted by atomic mass is 10.2. The molecular formula is C19H15Cl2N3O. The predicted molar refractivity (Wildman–Crippen MR) is 102 cm³/mol. The summed E-state index contributed by atoms with van der Waals surface area (Å²) in [5.74, 6) is 0.365. The van der Waals surface area contributed by atoms with Crippen molar-refractivity contribution in [1.29, 1.82) is 0 Å². The van der Waals surface area contributed by atoms with Crippen LogP contribution in [0.4, 0.5) is 11.5 Å². The van der Waals surface area contributed by atoms with E-state index in [-0.39, 0.29) is 5.91 Å². The number of nitrogens with one attached hydrogen (secondary N) is 2. The fourth-order valence-electron chi connectivity index (χ4n) is 2.27. The molecule has 0 radical (unpaired) electrons. The number of pyridine rings is 1. The van der Waals surface area contributed by atoms with Gasteiger partial charge in [-0.3, -0.25) is 4.79 Å². The highest BCUT2D eigenvalue weighted by molar-refractivity contribution is 6.31. The van der Waals surface area contributed by atoms with Crippen molar-refractivity contribution in [3.8, 4) is 0 Å². The van der Waals surface area contributed by atoms with Crippen LogP contribution >= 0.6 is 23.2 Å². The van der Waals surface area contributed by atoms with Gasteiger partial charge in [0, 0.05) is 34.0 Å². The van der Waals surface area contributed by atoms with Gasteiger partial charge in [0.15, 0.2) is 0 Å². The Labute approximate surface area is 155 Å². The smallest absolute Gasteiger partial charge is 0.255 e. The maximum Gasteiger partial charge on any atom is 0.255 e. The van der Waals surface area contributed by atoms with Crippen LogP contribution < -0.4 is 10.6 Å². The van der Waals surface area contributed by atoms with Gasteiger partial charge in [-0.15, -0.1) is 0 Å². The molecule has 0 aliphatic rings. The highest BCUT2D eigenvalue weighted by Crippen LogP contribution is 2.18. The Morgan fingerprint density at radius 3 is 2.64 bits per heavy atom. The van der Waals surface area contributed by atoms with E-state index in [1.165, 1.54) is 0 Å². The Bertz CT molecular complexity index is 899. The zero-order valence-corrected chi connectivity index (χ0v) is 14.7. The third-order valence-electron chi connectivity index (χ3n) is 3.52. The van der Waals surface area contributed by atoms with Crippen molar-refractivity contribution in [3.63, 3.8) is 0 Å². The van der Waals surface area contributed by atoms with E-state index in [2.05, 4.69) is 15.6 Å². The van der Waals surface area contributed by atoms with Gasteiger partial charge in [0.05, 0.1) is 0 Å². The molecule has 6 heteroatoms. The molecule has 3 aromatic rings. The number of hydrogen-bond acceptors (Lipinski definition) is 3. The van der Waals surface area contributed by atoms with Crippen LogP contribution in [0.2, 0.25) is 10.0 Å². The number of hydrogen-bond donors (Lipinski definition) is 2. The SMILES string of the molecule is O=C(Nc1cccc(Cl)c1)c1ccnc(NCc2ccccc2Cl)c1. The summed E-state index contributed by atoms with van der Waals surface area (Å²) in [6.45, 7) is 0.520. The molecule has 4 nitrogen and oxygen atoms in total. The maximum absolute atomic E-state index is 12.4. The van der Waals surface area contributed by atoms with Crippen molar-refractivity contribution in [2.24, 2.45) is 0 Å². The second-order valence-electron chi connectivity index (χ2n) is 5.34. The summed E-state index contributed by atoms with van der Waals surface area (Å²) in [7, 11) is 0. The van der Waals surface area contributed by atoms with E-state index < -0.39 is 0 Å². The second-order valence-corrected chi connectivity index (χ2v) is 6.18. The molecular weight excluding hydrogens is 357 g/mol. The van der Waals surface area contributed by atoms with Crippen LogP contribution in [0.5, 0.6) is 0 Å². The van der Waals surface area contributed by atoms with Crippen LogP contribution in [-0.2, 0) is 6.54 Å². The first-order valence-corrected chi connectivity index (χ1v) is 8.38. The normalized spacial score (nSPS) is 10.3. The molecule has 25 heavy (non-hydrogen) atoms. The molecule has 3 rings (SSSR count). The minimum Gasteiger partial charge on any atom is -0.366 e. The molecule has 0 unspecified atom stereocenters. The van der Waals surface area contributed by atoms with Gasteiger partial charge < -0.3 is 10.6 Å². The molecule has 0 fully saturated rings. The van der Waals surface area contributed by atoms with Crippen molar-refractivity contribution >= 4 is 40.6 Å². The topological polar surface area (TPSA) is 54.0 Å². The molecule has 0 aliphatic heterocycles. The molecule has 0 saturated carbocycles. The monoisotopic (exact) mass is 371 g/mol. The largest absolute Gasteiger partial charge is 0.366 e. The summed E-state index contributed by atoms with van der Waals surface area (Å²) >= 11 is 12.1. The summed E-state index contributed by atoms with van der Waals surface area (Å²) in [6, 6.07) is 17.9. The molecule has 0 spiro atoms. The number of aromatic nitrogens is 1. The summed E-state index contributed by atoms with van der Waals surface area (Å²) in [4.78, 5) is 16.6. The van der Waals surface area contributed by atoms with E-state index in [4.69, 9.17) is 23.2 Å². The quantitative estimate of drug-likeness (QED) is 0.643. The highest BCUT2D eigenvalue weighted by atomic mass is 35.5. The van der Waals surface area contributed by atoms with Gasteiger partial charge in [-0.05, 0) is 42.0 Å². The molecule has 0 aliphatic carbocycles. The summed E-state index contributed by atoms with van der Waals surface area (Å²) in [5.41, 5.74) is 2.09. The third-order valence-corrected chi connectivity index (χ3v) is 4.13. The van der Waals surface area contributed by atoms with E-state index in [0.29, 0.717) is 33.7 Å². The third kappa shape index (κ3) is 4.72. The van der Waals surface area contributed by atoms with Crippen molar-refractivity contribution in [2.45, 2.75) is 6.54 Å². The molecule has 1 aromatic heterocycles. The van der Waals surface area contributed by atoms with Gasteiger partial charge in [-0.25, -0.2) is 4.98 Å². The lowest BCUT2D eigenvalue weighted by Crippen LogP contribution is -2.12. The van der Waals surface area contributed by atoms with Crippen molar-refractivity contribution in [3.05, 3.63) is 88.0 Å². The van der Waals surface area contributed by atoms with Crippen molar-refractivity contribution in [1.82, 2.24) is 4.98 Å². The van der Waals surface area contributed by atoms with E-state index >= 15 is 0 Å². The number of amides is 1. The minimum atomic E-state index is -0.231. The Morgan fingerprint density at radius 2 is 1.84 bits per heavy atom.